The van der Waals surface area contributed by atoms with E-state index in [0.717, 1.165) is 45.1 Å². The molecule has 0 N–H and O–H groups in total. The van der Waals surface area contributed by atoms with Crippen LogP contribution in [0.2, 0.25) is 25.7 Å². The minimum Gasteiger partial charge on any atom is -0.376 e. The highest BCUT2D eigenvalue weighted by atomic mass is 28.3. The highest BCUT2D eigenvalue weighted by molar-refractivity contribution is 6.67. The fourth-order valence-electron chi connectivity index (χ4n) is 4.66. The number of alkyl halides is 3. The first-order valence-corrected chi connectivity index (χ1v) is 14.5. The van der Waals surface area contributed by atoms with E-state index in [1.807, 2.05) is 0 Å². The van der Waals surface area contributed by atoms with Crippen LogP contribution in [-0.2, 0) is 9.47 Å². The molecule has 2 fully saturated rings. The average molecular weight is 369 g/mol. The van der Waals surface area contributed by atoms with E-state index >= 15 is 0 Å². The summed E-state index contributed by atoms with van der Waals surface area (Å²) in [6.45, 7) is 8.10. The summed E-state index contributed by atoms with van der Waals surface area (Å²) in [6, 6.07) is 0.274. The number of hydrogen-bond donors (Lipinski definition) is 0. The average Bonchev–Trinajstić information content (AvgIpc) is 2.53. The molecule has 2 aliphatic rings. The molecule has 3 atom stereocenters. The maximum Gasteiger partial charge on any atom is 0.388 e. The Bertz CT molecular complexity index is 376. The Kier molecular flexibility index (Phi) is 6.41. The molecule has 0 aromatic rings. The molecule has 0 bridgehead atoms. The van der Waals surface area contributed by atoms with E-state index in [1.165, 1.54) is 0 Å². The Morgan fingerprint density at radius 3 is 1.78 bits per heavy atom. The van der Waals surface area contributed by atoms with Gasteiger partial charge in [0.15, 0.2) is 0 Å². The Morgan fingerprint density at radius 2 is 1.39 bits per heavy atom. The zero-order chi connectivity index (χ0) is 17.1. The van der Waals surface area contributed by atoms with E-state index in [1.54, 1.807) is 0 Å². The van der Waals surface area contributed by atoms with Crippen molar-refractivity contribution in [2.75, 3.05) is 13.2 Å². The molecule has 0 saturated carbocycles. The molecule has 0 aliphatic carbocycles. The molecule has 0 aromatic carbocycles. The summed E-state index contributed by atoms with van der Waals surface area (Å²) in [7, 11) is -2.99. The van der Waals surface area contributed by atoms with Crippen LogP contribution in [0.5, 0.6) is 0 Å². The fourth-order valence-corrected chi connectivity index (χ4v) is 12.3. The molecule has 2 nitrogen and oxygen atoms in total. The number of halogens is 3. The lowest BCUT2D eigenvalue weighted by atomic mass is 9.96. The van der Waals surface area contributed by atoms with Gasteiger partial charge < -0.3 is 9.47 Å². The predicted molar refractivity (Wildman–Crippen MR) is 92.4 cm³/mol. The quantitative estimate of drug-likeness (QED) is 0.676. The number of ether oxygens (including phenoxy) is 2. The van der Waals surface area contributed by atoms with Crippen molar-refractivity contribution in [3.8, 4) is 0 Å². The summed E-state index contributed by atoms with van der Waals surface area (Å²) in [5.74, 6) is 0. The van der Waals surface area contributed by atoms with Crippen molar-refractivity contribution in [2.24, 2.45) is 0 Å². The summed E-state index contributed by atoms with van der Waals surface area (Å²) in [5, 5.41) is -0.625. The second-order valence-electron chi connectivity index (χ2n) is 7.60. The van der Waals surface area contributed by atoms with Crippen molar-refractivity contribution < 1.29 is 22.6 Å². The van der Waals surface area contributed by atoms with Gasteiger partial charge in [0.25, 0.3) is 0 Å². The second kappa shape index (κ2) is 7.58. The number of rotatable bonds is 5. The third-order valence-corrected chi connectivity index (χ3v) is 12.7. The van der Waals surface area contributed by atoms with E-state index in [-0.39, 0.29) is 16.5 Å². The van der Waals surface area contributed by atoms with E-state index in [4.69, 9.17) is 9.47 Å². The lowest BCUT2D eigenvalue weighted by Gasteiger charge is -2.58. The van der Waals surface area contributed by atoms with Crippen LogP contribution < -0.4 is 0 Å². The molecule has 136 valence electrons. The molecule has 23 heavy (non-hydrogen) atoms. The summed E-state index contributed by atoms with van der Waals surface area (Å²) in [6.07, 6.45) is 1.44. The van der Waals surface area contributed by atoms with Gasteiger partial charge in [-0.05, 0) is 44.6 Å². The Hall–Kier alpha value is 0.144. The van der Waals surface area contributed by atoms with Gasteiger partial charge in [0.1, 0.15) is 0 Å². The maximum atomic E-state index is 12.8. The SMILES string of the molecule is C[SiH](C)C1(C2([SiH](C)CCC(F)(F)F)CCCCO2)CCCCO1. The summed E-state index contributed by atoms with van der Waals surface area (Å²) in [5.41, 5.74) is 0. The molecular formula is C16H31F3O2Si2. The van der Waals surface area contributed by atoms with Crippen LogP contribution in [0.3, 0.4) is 0 Å². The van der Waals surface area contributed by atoms with Crippen LogP contribution in [-0.4, -0.2) is 47.4 Å². The molecule has 0 amide bonds. The van der Waals surface area contributed by atoms with Gasteiger partial charge in [-0.15, -0.1) is 0 Å². The zero-order valence-corrected chi connectivity index (χ0v) is 17.0. The summed E-state index contributed by atoms with van der Waals surface area (Å²) >= 11 is 0. The molecule has 7 heteroatoms. The van der Waals surface area contributed by atoms with Crippen LogP contribution in [0.15, 0.2) is 0 Å². The monoisotopic (exact) mass is 368 g/mol. The lowest BCUT2D eigenvalue weighted by Crippen LogP contribution is -2.71. The van der Waals surface area contributed by atoms with E-state index in [2.05, 4.69) is 19.6 Å². The first kappa shape index (κ1) is 19.5. The smallest absolute Gasteiger partial charge is 0.376 e. The molecule has 3 unspecified atom stereocenters. The standard InChI is InChI=1S/C16H31F3O2Si2/c1-22(2)14(8-4-6-11-20-14)15(9-5-7-12-21-15)23(3)13-10-16(17,18)19/h22-23H,4-13H2,1-3H3. The minimum atomic E-state index is -4.06. The molecule has 0 aromatic heterocycles. The lowest BCUT2D eigenvalue weighted by molar-refractivity contribution is -0.165. The summed E-state index contributed by atoms with van der Waals surface area (Å²) < 4.78 is 51.1. The third kappa shape index (κ3) is 4.04. The van der Waals surface area contributed by atoms with Gasteiger partial charge in [-0.1, -0.05) is 19.6 Å². The van der Waals surface area contributed by atoms with Gasteiger partial charge in [-0.3, -0.25) is 0 Å². The first-order chi connectivity index (χ1) is 10.7. The van der Waals surface area contributed by atoms with Gasteiger partial charge in [0.2, 0.25) is 0 Å². The van der Waals surface area contributed by atoms with Crippen molar-refractivity contribution in [1.29, 1.82) is 0 Å². The third-order valence-electron chi connectivity index (χ3n) is 5.91. The van der Waals surface area contributed by atoms with Gasteiger partial charge in [0.05, 0.1) is 28.0 Å². The van der Waals surface area contributed by atoms with Gasteiger partial charge in [-0.2, -0.15) is 13.2 Å². The molecule has 2 rings (SSSR count). The Balaban J connectivity index is 2.29. The van der Waals surface area contributed by atoms with Gasteiger partial charge in [-0.25, -0.2) is 0 Å². The largest absolute Gasteiger partial charge is 0.388 e. The topological polar surface area (TPSA) is 18.5 Å². The van der Waals surface area contributed by atoms with Crippen LogP contribution >= 0.6 is 0 Å². The van der Waals surface area contributed by atoms with Crippen molar-refractivity contribution in [3.05, 3.63) is 0 Å². The minimum absolute atomic E-state index is 0.247. The van der Waals surface area contributed by atoms with Crippen molar-refractivity contribution in [3.63, 3.8) is 0 Å². The maximum absolute atomic E-state index is 12.8. The predicted octanol–water partition coefficient (Wildman–Crippen LogP) is 4.24. The van der Waals surface area contributed by atoms with Crippen LogP contribution in [0.25, 0.3) is 0 Å². The summed E-state index contributed by atoms with van der Waals surface area (Å²) in [4.78, 5) is 0. The van der Waals surface area contributed by atoms with Crippen LogP contribution in [0.4, 0.5) is 13.2 Å². The fraction of sp³-hybridized carbons (Fsp3) is 1.00. The molecule has 0 spiro atoms. The number of hydrogen-bond acceptors (Lipinski definition) is 2. The van der Waals surface area contributed by atoms with Crippen molar-refractivity contribution >= 4 is 17.6 Å². The first-order valence-electron chi connectivity index (χ1n) is 9.08. The van der Waals surface area contributed by atoms with Crippen molar-refractivity contribution in [1.82, 2.24) is 0 Å². The highest BCUT2D eigenvalue weighted by Crippen LogP contribution is 2.47. The van der Waals surface area contributed by atoms with Gasteiger partial charge >= 0.3 is 6.18 Å². The molecular weight excluding hydrogens is 337 g/mol. The molecule has 2 heterocycles. The van der Waals surface area contributed by atoms with E-state index in [9.17, 15) is 13.2 Å². The molecule has 0 radical (unpaired) electrons. The van der Waals surface area contributed by atoms with E-state index in [0.29, 0.717) is 6.61 Å². The second-order valence-corrected chi connectivity index (χ2v) is 14.2. The molecule has 2 aliphatic heterocycles. The van der Waals surface area contributed by atoms with Gasteiger partial charge in [0, 0.05) is 19.6 Å². The van der Waals surface area contributed by atoms with Crippen molar-refractivity contribution in [2.45, 2.75) is 87.3 Å². The zero-order valence-electron chi connectivity index (χ0n) is 14.7. The highest BCUT2D eigenvalue weighted by Gasteiger charge is 2.59. The Morgan fingerprint density at radius 1 is 0.870 bits per heavy atom. The van der Waals surface area contributed by atoms with E-state index < -0.39 is 30.2 Å². The van der Waals surface area contributed by atoms with Crippen LogP contribution in [0, 0.1) is 0 Å². The normalized spacial score (nSPS) is 34.6. The van der Waals surface area contributed by atoms with Crippen LogP contribution in [0.1, 0.15) is 44.9 Å². The molecule has 2 saturated heterocycles. The Labute approximate surface area is 141 Å².